The standard InChI is InChI=1S/C18H22O3/c1-4-11-7-12(5-2)9-13(8-11)17-14(6-3)15(19)10-16(20)18(17)21/h7-10,19-21H,4-6H2,1-3H3. The van der Waals surface area contributed by atoms with Crippen LogP contribution in [0.15, 0.2) is 24.3 Å². The average molecular weight is 286 g/mol. The van der Waals surface area contributed by atoms with Gasteiger partial charge in [0.2, 0.25) is 0 Å². The topological polar surface area (TPSA) is 60.7 Å². The third kappa shape index (κ3) is 2.82. The number of aromatic hydroxyl groups is 3. The van der Waals surface area contributed by atoms with Gasteiger partial charge in [0.15, 0.2) is 11.5 Å². The van der Waals surface area contributed by atoms with Crippen LogP contribution in [0.3, 0.4) is 0 Å². The lowest BCUT2D eigenvalue weighted by molar-refractivity contribution is 0.396. The highest BCUT2D eigenvalue weighted by molar-refractivity contribution is 5.80. The van der Waals surface area contributed by atoms with Gasteiger partial charge in [0.25, 0.3) is 0 Å². The smallest absolute Gasteiger partial charge is 0.165 e. The zero-order valence-corrected chi connectivity index (χ0v) is 12.8. The molecule has 0 aliphatic carbocycles. The maximum atomic E-state index is 10.3. The van der Waals surface area contributed by atoms with Gasteiger partial charge in [0.05, 0.1) is 0 Å². The number of hydrogen-bond acceptors (Lipinski definition) is 3. The molecule has 0 aliphatic rings. The largest absolute Gasteiger partial charge is 0.508 e. The van der Waals surface area contributed by atoms with Gasteiger partial charge in [0.1, 0.15) is 5.75 Å². The van der Waals surface area contributed by atoms with Crippen LogP contribution in [0.5, 0.6) is 17.2 Å². The quantitative estimate of drug-likeness (QED) is 0.584. The van der Waals surface area contributed by atoms with Crippen molar-refractivity contribution in [2.24, 2.45) is 0 Å². The number of rotatable bonds is 4. The molecule has 0 unspecified atom stereocenters. The van der Waals surface area contributed by atoms with Crippen molar-refractivity contribution in [1.82, 2.24) is 0 Å². The first-order valence-electron chi connectivity index (χ1n) is 7.41. The summed E-state index contributed by atoms with van der Waals surface area (Å²) in [5.74, 6) is -0.442. The molecule has 0 saturated carbocycles. The summed E-state index contributed by atoms with van der Waals surface area (Å²) in [5.41, 5.74) is 4.37. The van der Waals surface area contributed by atoms with Crippen molar-refractivity contribution in [2.45, 2.75) is 40.0 Å². The molecule has 3 N–H and O–H groups in total. The summed E-state index contributed by atoms with van der Waals surface area (Å²) in [6, 6.07) is 7.36. The van der Waals surface area contributed by atoms with Gasteiger partial charge in [-0.3, -0.25) is 0 Å². The second kappa shape index (κ2) is 6.08. The van der Waals surface area contributed by atoms with E-state index in [0.29, 0.717) is 17.5 Å². The molecular weight excluding hydrogens is 264 g/mol. The predicted octanol–water partition coefficient (Wildman–Crippen LogP) is 4.16. The molecule has 0 fully saturated rings. The first kappa shape index (κ1) is 15.2. The molecule has 2 aromatic rings. The van der Waals surface area contributed by atoms with Crippen LogP contribution in [0.25, 0.3) is 11.1 Å². The lowest BCUT2D eigenvalue weighted by Gasteiger charge is -2.15. The summed E-state index contributed by atoms with van der Waals surface area (Å²) in [4.78, 5) is 0. The first-order chi connectivity index (χ1) is 10.0. The molecule has 0 saturated heterocycles. The molecule has 3 heteroatoms. The van der Waals surface area contributed by atoms with E-state index in [4.69, 9.17) is 0 Å². The second-order valence-electron chi connectivity index (χ2n) is 5.22. The Hall–Kier alpha value is -2.16. The van der Waals surface area contributed by atoms with Crippen molar-refractivity contribution in [1.29, 1.82) is 0 Å². The Labute approximate surface area is 125 Å². The predicted molar refractivity (Wildman–Crippen MR) is 85.0 cm³/mol. The van der Waals surface area contributed by atoms with Crippen molar-refractivity contribution >= 4 is 0 Å². The summed E-state index contributed by atoms with van der Waals surface area (Å²) in [6.45, 7) is 6.08. The Kier molecular flexibility index (Phi) is 4.41. The van der Waals surface area contributed by atoms with Crippen LogP contribution in [0.2, 0.25) is 0 Å². The summed E-state index contributed by atoms with van der Waals surface area (Å²) < 4.78 is 0. The van der Waals surface area contributed by atoms with Crippen molar-refractivity contribution in [3.8, 4) is 28.4 Å². The van der Waals surface area contributed by atoms with Crippen molar-refractivity contribution in [2.75, 3.05) is 0 Å². The van der Waals surface area contributed by atoms with Crippen molar-refractivity contribution < 1.29 is 15.3 Å². The summed E-state index contributed by atoms with van der Waals surface area (Å²) in [5, 5.41) is 30.1. The Morgan fingerprint density at radius 3 is 1.76 bits per heavy atom. The van der Waals surface area contributed by atoms with E-state index in [9.17, 15) is 15.3 Å². The van der Waals surface area contributed by atoms with E-state index < -0.39 is 0 Å². The second-order valence-corrected chi connectivity index (χ2v) is 5.22. The molecule has 0 amide bonds. The Bertz CT molecular complexity index is 638. The highest BCUT2D eigenvalue weighted by Gasteiger charge is 2.18. The van der Waals surface area contributed by atoms with Crippen molar-refractivity contribution in [3.63, 3.8) is 0 Å². The molecule has 3 nitrogen and oxygen atoms in total. The van der Waals surface area contributed by atoms with E-state index in [2.05, 4.69) is 19.9 Å². The fourth-order valence-electron chi connectivity index (χ4n) is 2.67. The van der Waals surface area contributed by atoms with E-state index in [-0.39, 0.29) is 17.2 Å². The van der Waals surface area contributed by atoms with Gasteiger partial charge < -0.3 is 15.3 Å². The minimum absolute atomic E-state index is 0.0164. The Balaban J connectivity index is 2.77. The highest BCUT2D eigenvalue weighted by atomic mass is 16.3. The fourth-order valence-corrected chi connectivity index (χ4v) is 2.67. The molecule has 112 valence electrons. The summed E-state index contributed by atoms with van der Waals surface area (Å²) >= 11 is 0. The third-order valence-corrected chi connectivity index (χ3v) is 3.88. The molecular formula is C18H22O3. The molecule has 0 spiro atoms. The van der Waals surface area contributed by atoms with Crippen LogP contribution in [0, 0.1) is 0 Å². The van der Waals surface area contributed by atoms with Crippen LogP contribution in [-0.2, 0) is 19.3 Å². The maximum Gasteiger partial charge on any atom is 0.165 e. The summed E-state index contributed by atoms with van der Waals surface area (Å²) in [7, 11) is 0. The Morgan fingerprint density at radius 2 is 1.29 bits per heavy atom. The molecule has 0 atom stereocenters. The van der Waals surface area contributed by atoms with Gasteiger partial charge in [-0.2, -0.15) is 0 Å². The monoisotopic (exact) mass is 286 g/mol. The molecule has 21 heavy (non-hydrogen) atoms. The molecule has 0 bridgehead atoms. The van der Waals surface area contributed by atoms with E-state index >= 15 is 0 Å². The average Bonchev–Trinajstić information content (AvgIpc) is 2.49. The van der Waals surface area contributed by atoms with Gasteiger partial charge in [-0.05, 0) is 36.0 Å². The van der Waals surface area contributed by atoms with Gasteiger partial charge >= 0.3 is 0 Å². The van der Waals surface area contributed by atoms with Gasteiger partial charge in [-0.1, -0.05) is 39.0 Å². The number of hydrogen-bond donors (Lipinski definition) is 3. The minimum Gasteiger partial charge on any atom is -0.508 e. The zero-order chi connectivity index (χ0) is 15.6. The molecule has 2 aromatic carbocycles. The van der Waals surface area contributed by atoms with Gasteiger partial charge in [-0.25, -0.2) is 0 Å². The molecule has 0 radical (unpaired) electrons. The first-order valence-corrected chi connectivity index (χ1v) is 7.41. The van der Waals surface area contributed by atoms with E-state index in [1.54, 1.807) is 0 Å². The lowest BCUT2D eigenvalue weighted by Crippen LogP contribution is -1.94. The highest BCUT2D eigenvalue weighted by Crippen LogP contribution is 2.44. The minimum atomic E-state index is -0.292. The molecule has 0 aliphatic heterocycles. The van der Waals surface area contributed by atoms with Crippen LogP contribution in [0.4, 0.5) is 0 Å². The number of phenols is 3. The fraction of sp³-hybridized carbons (Fsp3) is 0.333. The third-order valence-electron chi connectivity index (χ3n) is 3.88. The molecule has 0 heterocycles. The van der Waals surface area contributed by atoms with E-state index in [0.717, 1.165) is 18.4 Å². The van der Waals surface area contributed by atoms with E-state index in [1.165, 1.54) is 17.2 Å². The maximum absolute atomic E-state index is 10.3. The number of aryl methyl sites for hydroxylation is 2. The van der Waals surface area contributed by atoms with E-state index in [1.807, 2.05) is 19.1 Å². The van der Waals surface area contributed by atoms with Crippen LogP contribution in [-0.4, -0.2) is 15.3 Å². The van der Waals surface area contributed by atoms with Crippen LogP contribution >= 0.6 is 0 Å². The summed E-state index contributed by atoms with van der Waals surface area (Å²) in [6.07, 6.45) is 2.37. The SMILES string of the molecule is CCc1cc(CC)cc(-c2c(O)c(O)cc(O)c2CC)c1. The lowest BCUT2D eigenvalue weighted by atomic mass is 9.92. The van der Waals surface area contributed by atoms with Crippen LogP contribution < -0.4 is 0 Å². The molecule has 2 rings (SSSR count). The number of phenolic OH excluding ortho intramolecular Hbond substituents is 3. The van der Waals surface area contributed by atoms with Crippen molar-refractivity contribution in [3.05, 3.63) is 41.0 Å². The Morgan fingerprint density at radius 1 is 0.714 bits per heavy atom. The molecule has 0 aromatic heterocycles. The normalized spacial score (nSPS) is 10.8. The van der Waals surface area contributed by atoms with Gasteiger partial charge in [0, 0.05) is 17.2 Å². The zero-order valence-electron chi connectivity index (χ0n) is 12.8. The van der Waals surface area contributed by atoms with Gasteiger partial charge in [-0.15, -0.1) is 0 Å². The number of benzene rings is 2. The van der Waals surface area contributed by atoms with Crippen LogP contribution in [0.1, 0.15) is 37.5 Å².